The number of aryl methyl sites for hydroxylation is 1. The molecular weight excluding hydrogens is 299 g/mol. The number of hydrogen-bond donors (Lipinski definition) is 1. The van der Waals surface area contributed by atoms with Crippen molar-refractivity contribution in [3.63, 3.8) is 0 Å². The van der Waals surface area contributed by atoms with Crippen LogP contribution >= 0.6 is 0 Å². The fraction of sp³-hybridized carbons (Fsp3) is 0.286. The van der Waals surface area contributed by atoms with Crippen LogP contribution in [0.15, 0.2) is 30.3 Å². The summed E-state index contributed by atoms with van der Waals surface area (Å²) < 4.78 is 42.7. The number of alkyl halides is 3. The highest BCUT2D eigenvalue weighted by atomic mass is 19.4. The van der Waals surface area contributed by atoms with Crippen molar-refractivity contribution < 1.29 is 22.7 Å². The van der Waals surface area contributed by atoms with Crippen molar-refractivity contribution in [2.45, 2.75) is 6.18 Å². The van der Waals surface area contributed by atoms with Gasteiger partial charge >= 0.3 is 6.18 Å². The van der Waals surface area contributed by atoms with E-state index in [-0.39, 0.29) is 5.69 Å². The third-order valence-corrected chi connectivity index (χ3v) is 2.93. The molecule has 22 heavy (non-hydrogen) atoms. The lowest BCUT2D eigenvalue weighted by molar-refractivity contribution is -0.123. The zero-order valence-electron chi connectivity index (χ0n) is 11.9. The lowest BCUT2D eigenvalue weighted by Crippen LogP contribution is -2.34. The van der Waals surface area contributed by atoms with Gasteiger partial charge in [-0.1, -0.05) is 12.1 Å². The first-order valence-corrected chi connectivity index (χ1v) is 6.33. The minimum Gasteiger partial charge on any atom is -0.497 e. The van der Waals surface area contributed by atoms with E-state index in [9.17, 15) is 18.0 Å². The molecule has 1 aromatic carbocycles. The maximum Gasteiger partial charge on any atom is 0.405 e. The number of amides is 1. The number of ether oxygens (including phenoxy) is 1. The predicted molar refractivity (Wildman–Crippen MR) is 73.6 cm³/mol. The van der Waals surface area contributed by atoms with Gasteiger partial charge in [0.15, 0.2) is 0 Å². The number of benzene rings is 1. The Kier molecular flexibility index (Phi) is 4.39. The van der Waals surface area contributed by atoms with Gasteiger partial charge in [0.05, 0.1) is 12.8 Å². The molecule has 8 heteroatoms. The monoisotopic (exact) mass is 313 g/mol. The van der Waals surface area contributed by atoms with Gasteiger partial charge in [-0.3, -0.25) is 9.48 Å². The van der Waals surface area contributed by atoms with Gasteiger partial charge in [0, 0.05) is 12.6 Å². The van der Waals surface area contributed by atoms with Crippen LogP contribution in [0, 0.1) is 0 Å². The minimum absolute atomic E-state index is 0.0436. The molecule has 0 atom stereocenters. The molecule has 0 radical (unpaired) electrons. The van der Waals surface area contributed by atoms with Crippen molar-refractivity contribution in [1.29, 1.82) is 0 Å². The first-order valence-electron chi connectivity index (χ1n) is 6.33. The molecule has 2 rings (SSSR count). The molecule has 0 saturated heterocycles. The van der Waals surface area contributed by atoms with Crippen molar-refractivity contribution in [1.82, 2.24) is 15.1 Å². The lowest BCUT2D eigenvalue weighted by atomic mass is 10.1. The number of hydrogen-bond acceptors (Lipinski definition) is 3. The normalized spacial score (nSPS) is 11.3. The van der Waals surface area contributed by atoms with Gasteiger partial charge in [-0.2, -0.15) is 18.3 Å². The summed E-state index contributed by atoms with van der Waals surface area (Å²) in [4.78, 5) is 11.8. The average molecular weight is 313 g/mol. The van der Waals surface area contributed by atoms with Gasteiger partial charge in [-0.15, -0.1) is 0 Å². The zero-order valence-corrected chi connectivity index (χ0v) is 11.9. The van der Waals surface area contributed by atoms with E-state index in [1.165, 1.54) is 24.9 Å². The Labute approximate surface area is 124 Å². The third kappa shape index (κ3) is 3.78. The lowest BCUT2D eigenvalue weighted by Gasteiger charge is -2.07. The maximum absolute atomic E-state index is 12.1. The van der Waals surface area contributed by atoms with Crippen molar-refractivity contribution in [3.05, 3.63) is 36.0 Å². The molecule has 0 spiro atoms. The Morgan fingerprint density at radius 2 is 2.09 bits per heavy atom. The largest absolute Gasteiger partial charge is 0.497 e. The number of carbonyl (C=O) groups excluding carboxylic acids is 1. The summed E-state index contributed by atoms with van der Waals surface area (Å²) in [6.07, 6.45) is -4.45. The van der Waals surface area contributed by atoms with Crippen molar-refractivity contribution in [2.24, 2.45) is 7.05 Å². The molecule has 0 aliphatic heterocycles. The van der Waals surface area contributed by atoms with Crippen molar-refractivity contribution in [2.75, 3.05) is 13.7 Å². The van der Waals surface area contributed by atoms with E-state index in [1.54, 1.807) is 24.3 Å². The van der Waals surface area contributed by atoms with E-state index in [0.29, 0.717) is 17.0 Å². The number of carbonyl (C=O) groups is 1. The van der Waals surface area contributed by atoms with E-state index < -0.39 is 18.6 Å². The molecular formula is C14H14F3N3O2. The van der Waals surface area contributed by atoms with Crippen LogP contribution in [0.2, 0.25) is 0 Å². The fourth-order valence-electron chi connectivity index (χ4n) is 1.87. The molecule has 1 aromatic heterocycles. The Morgan fingerprint density at radius 1 is 1.36 bits per heavy atom. The summed E-state index contributed by atoms with van der Waals surface area (Å²) in [5.41, 5.74) is 1.21. The van der Waals surface area contributed by atoms with Crippen molar-refractivity contribution >= 4 is 5.91 Å². The van der Waals surface area contributed by atoms with E-state index >= 15 is 0 Å². The summed E-state index contributed by atoms with van der Waals surface area (Å²) in [5.74, 6) is -0.215. The van der Waals surface area contributed by atoms with Crippen LogP contribution in [0.3, 0.4) is 0 Å². The summed E-state index contributed by atoms with van der Waals surface area (Å²) in [7, 11) is 3.01. The second-order valence-electron chi connectivity index (χ2n) is 4.57. The van der Waals surface area contributed by atoms with Gasteiger partial charge < -0.3 is 10.1 Å². The molecule has 0 aliphatic rings. The molecule has 0 unspecified atom stereocenters. The third-order valence-electron chi connectivity index (χ3n) is 2.93. The van der Waals surface area contributed by atoms with Crippen LogP contribution in [0.5, 0.6) is 5.75 Å². The van der Waals surface area contributed by atoms with E-state index in [2.05, 4.69) is 5.10 Å². The fourth-order valence-corrected chi connectivity index (χ4v) is 1.87. The van der Waals surface area contributed by atoms with Gasteiger partial charge in [0.2, 0.25) is 0 Å². The highest BCUT2D eigenvalue weighted by molar-refractivity contribution is 5.93. The molecule has 5 nitrogen and oxygen atoms in total. The Hall–Kier alpha value is -2.51. The van der Waals surface area contributed by atoms with Crippen LogP contribution in [-0.2, 0) is 7.05 Å². The predicted octanol–water partition coefficient (Wildman–Crippen LogP) is 2.39. The molecule has 0 fully saturated rings. The molecule has 2 aromatic rings. The summed E-state index contributed by atoms with van der Waals surface area (Å²) in [6, 6.07) is 8.43. The molecule has 1 amide bonds. The van der Waals surface area contributed by atoms with Gasteiger partial charge in [-0.25, -0.2) is 0 Å². The van der Waals surface area contributed by atoms with E-state index in [1.807, 2.05) is 5.32 Å². The van der Waals surface area contributed by atoms with Crippen LogP contribution in [0.25, 0.3) is 11.3 Å². The zero-order chi connectivity index (χ0) is 16.3. The smallest absolute Gasteiger partial charge is 0.405 e. The van der Waals surface area contributed by atoms with Gasteiger partial charge in [0.25, 0.3) is 5.91 Å². The second kappa shape index (κ2) is 6.08. The number of nitrogens with zero attached hydrogens (tertiary/aromatic N) is 2. The molecule has 1 heterocycles. The Bertz CT molecular complexity index is 680. The summed E-state index contributed by atoms with van der Waals surface area (Å²) in [6.45, 7) is -1.38. The molecule has 0 aliphatic carbocycles. The number of methoxy groups -OCH3 is 1. The number of aromatic nitrogens is 2. The number of rotatable bonds is 4. The highest BCUT2D eigenvalue weighted by Crippen LogP contribution is 2.23. The maximum atomic E-state index is 12.1. The van der Waals surface area contributed by atoms with E-state index in [4.69, 9.17) is 4.74 Å². The Morgan fingerprint density at radius 3 is 2.73 bits per heavy atom. The second-order valence-corrected chi connectivity index (χ2v) is 4.57. The van der Waals surface area contributed by atoms with Crippen LogP contribution in [0.4, 0.5) is 13.2 Å². The number of halogens is 3. The van der Waals surface area contributed by atoms with Crippen LogP contribution in [0.1, 0.15) is 10.5 Å². The van der Waals surface area contributed by atoms with Crippen LogP contribution in [-0.4, -0.2) is 35.5 Å². The molecule has 0 bridgehead atoms. The van der Waals surface area contributed by atoms with Crippen molar-refractivity contribution in [3.8, 4) is 17.0 Å². The standard InChI is InChI=1S/C14H14F3N3O2/c1-20-12(13(21)18-8-14(15,16)17)7-11(19-20)9-4-3-5-10(6-9)22-2/h3-7H,8H2,1-2H3,(H,18,21). The van der Waals surface area contributed by atoms with Gasteiger partial charge in [0.1, 0.15) is 18.0 Å². The minimum atomic E-state index is -4.45. The molecule has 118 valence electrons. The Balaban J connectivity index is 2.22. The molecule has 1 N–H and O–H groups in total. The molecule has 0 saturated carbocycles. The number of nitrogens with one attached hydrogen (secondary N) is 1. The SMILES string of the molecule is COc1cccc(-c2cc(C(=O)NCC(F)(F)F)n(C)n2)c1. The average Bonchev–Trinajstić information content (AvgIpc) is 2.86. The first-order chi connectivity index (χ1) is 10.3. The quantitative estimate of drug-likeness (QED) is 0.943. The summed E-state index contributed by atoms with van der Waals surface area (Å²) >= 11 is 0. The summed E-state index contributed by atoms with van der Waals surface area (Å²) in [5, 5.41) is 5.96. The van der Waals surface area contributed by atoms with Gasteiger partial charge in [-0.05, 0) is 18.2 Å². The first kappa shape index (κ1) is 15.9. The topological polar surface area (TPSA) is 56.1 Å². The van der Waals surface area contributed by atoms with Crippen LogP contribution < -0.4 is 10.1 Å². The highest BCUT2D eigenvalue weighted by Gasteiger charge is 2.28. The van der Waals surface area contributed by atoms with E-state index in [0.717, 1.165) is 0 Å².